The van der Waals surface area contributed by atoms with Crippen LogP contribution in [0.4, 0.5) is 0 Å². The first kappa shape index (κ1) is 12.8. The fourth-order valence-electron chi connectivity index (χ4n) is 5.59. The fraction of sp³-hybridized carbons (Fsp3) is 0.938. The number of rotatable bonds is 1. The lowest BCUT2D eigenvalue weighted by Gasteiger charge is -2.38. The summed E-state index contributed by atoms with van der Waals surface area (Å²) in [5.74, 6) is 4.07. The van der Waals surface area contributed by atoms with Crippen LogP contribution < -0.4 is 0 Å². The molecular formula is C16H25NS. The van der Waals surface area contributed by atoms with Crippen molar-refractivity contribution in [1.29, 1.82) is 0 Å². The van der Waals surface area contributed by atoms with Crippen molar-refractivity contribution >= 4 is 17.4 Å². The number of hydrogen-bond acceptors (Lipinski definition) is 2. The van der Waals surface area contributed by atoms with Gasteiger partial charge in [0.1, 0.15) is 0 Å². The van der Waals surface area contributed by atoms with Crippen molar-refractivity contribution in [2.45, 2.75) is 58.9 Å². The Labute approximate surface area is 116 Å². The van der Waals surface area contributed by atoms with E-state index in [0.29, 0.717) is 11.3 Å². The zero-order chi connectivity index (χ0) is 13.1. The summed E-state index contributed by atoms with van der Waals surface area (Å²) in [5, 5.41) is 2.75. The molecule has 0 N–H and O–H groups in total. The summed E-state index contributed by atoms with van der Waals surface area (Å²) in [6.07, 6.45) is 5.29. The molecule has 0 unspecified atom stereocenters. The number of fused-ring (bicyclic) bond motifs is 3. The van der Waals surface area contributed by atoms with Gasteiger partial charge in [0.2, 0.25) is 0 Å². The molecule has 3 aliphatic rings. The van der Waals surface area contributed by atoms with E-state index in [2.05, 4.69) is 32.9 Å². The molecule has 3 aliphatic carbocycles. The van der Waals surface area contributed by atoms with E-state index in [1.54, 1.807) is 0 Å². The smallest absolute Gasteiger partial charge is 0.0769 e. The molecule has 3 saturated carbocycles. The van der Waals surface area contributed by atoms with Crippen LogP contribution in [0.5, 0.6) is 0 Å². The van der Waals surface area contributed by atoms with E-state index in [9.17, 15) is 0 Å². The largest absolute Gasteiger partial charge is 0.225 e. The van der Waals surface area contributed by atoms with Crippen LogP contribution in [-0.2, 0) is 0 Å². The highest BCUT2D eigenvalue weighted by Crippen LogP contribution is 2.72. The summed E-state index contributed by atoms with van der Waals surface area (Å²) in [7, 11) is 0. The van der Waals surface area contributed by atoms with E-state index in [1.807, 2.05) is 0 Å². The van der Waals surface area contributed by atoms with Crippen LogP contribution in [0.25, 0.3) is 0 Å². The Kier molecular flexibility index (Phi) is 2.78. The third kappa shape index (κ3) is 1.45. The highest BCUT2D eigenvalue weighted by molar-refractivity contribution is 7.78. The first-order valence-corrected chi connectivity index (χ1v) is 7.95. The van der Waals surface area contributed by atoms with Crippen LogP contribution in [0, 0.1) is 35.0 Å². The number of hydrogen-bond donors (Lipinski definition) is 0. The minimum absolute atomic E-state index is 0.133. The molecule has 100 valence electrons. The molecule has 2 heteroatoms. The van der Waals surface area contributed by atoms with Gasteiger partial charge < -0.3 is 0 Å². The second-order valence-electron chi connectivity index (χ2n) is 7.67. The second-order valence-corrected chi connectivity index (χ2v) is 7.85. The highest BCUT2D eigenvalue weighted by atomic mass is 32.1. The van der Waals surface area contributed by atoms with Gasteiger partial charge in [0, 0.05) is 0 Å². The maximum absolute atomic E-state index is 4.98. The Morgan fingerprint density at radius 2 is 1.83 bits per heavy atom. The van der Waals surface area contributed by atoms with Gasteiger partial charge in [-0.2, -0.15) is 0 Å². The SMILES string of the molecule is C[C@@H]1CC[C@@]2(N=C=S)[C@@H]1[C@H]1[C@@H](CC[C@@H]2C)C1(C)C. The molecule has 18 heavy (non-hydrogen) atoms. The number of nitrogens with zero attached hydrogens (tertiary/aromatic N) is 1. The maximum Gasteiger partial charge on any atom is 0.0769 e. The monoisotopic (exact) mass is 263 g/mol. The molecule has 0 aromatic heterocycles. The standard InChI is InChI=1S/C16H25NS/c1-10-7-8-16(17-9-18)11(2)5-6-12-14(13(10)16)15(12,3)4/h10-14H,5-8H2,1-4H3/t10-,11+,12-,13+,14-,16+/m1/s1. The lowest BCUT2D eigenvalue weighted by molar-refractivity contribution is 0.163. The molecule has 0 spiro atoms. The summed E-state index contributed by atoms with van der Waals surface area (Å²) >= 11 is 4.98. The van der Waals surface area contributed by atoms with Crippen molar-refractivity contribution in [2.24, 2.45) is 40.0 Å². The van der Waals surface area contributed by atoms with Gasteiger partial charge in [-0.1, -0.05) is 27.7 Å². The van der Waals surface area contributed by atoms with Crippen molar-refractivity contribution in [2.75, 3.05) is 0 Å². The Balaban J connectivity index is 2.06. The van der Waals surface area contributed by atoms with E-state index in [4.69, 9.17) is 17.2 Å². The van der Waals surface area contributed by atoms with Crippen molar-refractivity contribution < 1.29 is 0 Å². The Hall–Kier alpha value is -0.200. The number of aliphatic imine (C=N–C) groups is 1. The van der Waals surface area contributed by atoms with Gasteiger partial charge in [0.25, 0.3) is 0 Å². The third-order valence-electron chi connectivity index (χ3n) is 6.73. The molecule has 3 fully saturated rings. The average Bonchev–Trinajstić information content (AvgIpc) is 2.73. The molecule has 0 aliphatic heterocycles. The normalized spacial score (nSPS) is 52.8. The fourth-order valence-corrected chi connectivity index (χ4v) is 5.76. The quantitative estimate of drug-likeness (QED) is 0.498. The van der Waals surface area contributed by atoms with Crippen LogP contribution >= 0.6 is 12.2 Å². The molecule has 0 saturated heterocycles. The van der Waals surface area contributed by atoms with Gasteiger partial charge in [-0.15, -0.1) is 0 Å². The van der Waals surface area contributed by atoms with Crippen LogP contribution in [-0.4, -0.2) is 10.7 Å². The Bertz CT molecular complexity index is 409. The molecular weight excluding hydrogens is 238 g/mol. The average molecular weight is 263 g/mol. The highest BCUT2D eigenvalue weighted by Gasteiger charge is 2.69. The summed E-state index contributed by atoms with van der Waals surface area (Å²) in [4.78, 5) is 4.78. The van der Waals surface area contributed by atoms with Crippen molar-refractivity contribution in [1.82, 2.24) is 0 Å². The predicted molar refractivity (Wildman–Crippen MR) is 78.8 cm³/mol. The lowest BCUT2D eigenvalue weighted by Crippen LogP contribution is -2.41. The summed E-state index contributed by atoms with van der Waals surface area (Å²) in [6, 6.07) is 0. The number of isothiocyanates is 1. The third-order valence-corrected chi connectivity index (χ3v) is 6.83. The molecule has 0 aromatic rings. The minimum atomic E-state index is 0.133. The Morgan fingerprint density at radius 3 is 2.50 bits per heavy atom. The van der Waals surface area contributed by atoms with Crippen LogP contribution in [0.3, 0.4) is 0 Å². The predicted octanol–water partition coefficient (Wildman–Crippen LogP) is 4.58. The van der Waals surface area contributed by atoms with E-state index in [-0.39, 0.29) is 5.54 Å². The van der Waals surface area contributed by atoms with Gasteiger partial charge >= 0.3 is 0 Å². The maximum atomic E-state index is 4.98. The summed E-state index contributed by atoms with van der Waals surface area (Å²) in [6.45, 7) is 9.78. The first-order valence-electron chi connectivity index (χ1n) is 7.54. The van der Waals surface area contributed by atoms with E-state index in [0.717, 1.165) is 23.7 Å². The topological polar surface area (TPSA) is 12.4 Å². The number of thiocarbonyl (C=S) groups is 1. The van der Waals surface area contributed by atoms with Crippen molar-refractivity contribution in [3.8, 4) is 0 Å². The van der Waals surface area contributed by atoms with Crippen molar-refractivity contribution in [3.05, 3.63) is 0 Å². The van der Waals surface area contributed by atoms with E-state index < -0.39 is 0 Å². The molecule has 3 rings (SSSR count). The molecule has 0 radical (unpaired) electrons. The Morgan fingerprint density at radius 1 is 1.11 bits per heavy atom. The van der Waals surface area contributed by atoms with Crippen LogP contribution in [0.1, 0.15) is 53.4 Å². The van der Waals surface area contributed by atoms with Crippen LogP contribution in [0.15, 0.2) is 4.99 Å². The summed E-state index contributed by atoms with van der Waals surface area (Å²) < 4.78 is 0. The van der Waals surface area contributed by atoms with Gasteiger partial charge in [0.15, 0.2) is 0 Å². The molecule has 0 heterocycles. The second kappa shape index (κ2) is 3.90. The lowest BCUT2D eigenvalue weighted by atomic mass is 9.71. The van der Waals surface area contributed by atoms with Gasteiger partial charge in [-0.05, 0) is 72.9 Å². The molecule has 1 nitrogen and oxygen atoms in total. The van der Waals surface area contributed by atoms with Gasteiger partial charge in [-0.25, -0.2) is 4.99 Å². The van der Waals surface area contributed by atoms with E-state index >= 15 is 0 Å². The zero-order valence-electron chi connectivity index (χ0n) is 12.1. The van der Waals surface area contributed by atoms with Crippen molar-refractivity contribution in [3.63, 3.8) is 0 Å². The molecule has 6 atom stereocenters. The summed E-state index contributed by atoms with van der Waals surface area (Å²) in [5.41, 5.74) is 0.681. The van der Waals surface area contributed by atoms with Gasteiger partial charge in [0.05, 0.1) is 10.7 Å². The molecule has 0 aromatic carbocycles. The first-order chi connectivity index (χ1) is 8.45. The molecule has 0 amide bonds. The molecule has 0 bridgehead atoms. The zero-order valence-corrected chi connectivity index (χ0v) is 12.9. The van der Waals surface area contributed by atoms with Gasteiger partial charge in [-0.3, -0.25) is 0 Å². The van der Waals surface area contributed by atoms with E-state index in [1.165, 1.54) is 25.7 Å². The minimum Gasteiger partial charge on any atom is -0.225 e. The van der Waals surface area contributed by atoms with Crippen LogP contribution in [0.2, 0.25) is 0 Å².